The molecule has 0 aliphatic carbocycles. The number of nitrogens with zero attached hydrogens (tertiary/aromatic N) is 1. The van der Waals surface area contributed by atoms with Gasteiger partial charge in [0.1, 0.15) is 0 Å². The van der Waals surface area contributed by atoms with Gasteiger partial charge in [-0.25, -0.2) is 4.79 Å². The summed E-state index contributed by atoms with van der Waals surface area (Å²) >= 11 is 0. The summed E-state index contributed by atoms with van der Waals surface area (Å²) in [6, 6.07) is 12.5. The number of amides is 3. The number of nitrogens with one attached hydrogen (secondary N) is 2. The van der Waals surface area contributed by atoms with Crippen LogP contribution in [0.4, 0.5) is 11.4 Å². The maximum Gasteiger partial charge on any atom is 0.338 e. The molecule has 2 rings (SSSR count). The molecule has 0 saturated carbocycles. The van der Waals surface area contributed by atoms with Crippen LogP contribution in [0.1, 0.15) is 27.6 Å². The van der Waals surface area contributed by atoms with Crippen molar-refractivity contribution in [2.45, 2.75) is 6.92 Å². The molecule has 8 heteroatoms. The molecule has 2 aromatic rings. The molecular weight excluding hydrogens is 362 g/mol. The van der Waals surface area contributed by atoms with E-state index in [1.54, 1.807) is 50.5 Å². The fourth-order valence-corrected chi connectivity index (χ4v) is 2.26. The topological polar surface area (TPSA) is 105 Å². The normalized spacial score (nSPS) is 9.96. The SMILES string of the molecule is CC(=O)Nc1ccc(C(=O)OCC(=O)Nc2ccc(C(=O)N(C)C)cc2)cc1. The molecule has 0 bridgehead atoms. The zero-order valence-electron chi connectivity index (χ0n) is 15.8. The first-order valence-corrected chi connectivity index (χ1v) is 8.42. The van der Waals surface area contributed by atoms with E-state index in [0.717, 1.165) is 0 Å². The number of esters is 1. The van der Waals surface area contributed by atoms with Crippen LogP contribution >= 0.6 is 0 Å². The fourth-order valence-electron chi connectivity index (χ4n) is 2.26. The second-order valence-electron chi connectivity index (χ2n) is 6.16. The summed E-state index contributed by atoms with van der Waals surface area (Å²) in [6.45, 7) is 0.930. The van der Waals surface area contributed by atoms with Crippen LogP contribution in [-0.2, 0) is 14.3 Å². The van der Waals surface area contributed by atoms with Crippen molar-refractivity contribution in [3.63, 3.8) is 0 Å². The van der Waals surface area contributed by atoms with Crippen LogP contribution in [0.25, 0.3) is 0 Å². The van der Waals surface area contributed by atoms with Gasteiger partial charge in [0, 0.05) is 38.0 Å². The Hall–Kier alpha value is -3.68. The molecule has 2 N–H and O–H groups in total. The Bertz CT molecular complexity index is 874. The number of anilines is 2. The number of benzene rings is 2. The van der Waals surface area contributed by atoms with Gasteiger partial charge >= 0.3 is 5.97 Å². The molecule has 0 heterocycles. The molecular formula is C20H21N3O5. The third kappa shape index (κ3) is 5.94. The average molecular weight is 383 g/mol. The van der Waals surface area contributed by atoms with Crippen molar-refractivity contribution >= 4 is 35.1 Å². The predicted molar refractivity (Wildman–Crippen MR) is 104 cm³/mol. The monoisotopic (exact) mass is 383 g/mol. The maximum atomic E-state index is 12.0. The summed E-state index contributed by atoms with van der Waals surface area (Å²) in [7, 11) is 3.31. The molecule has 0 fully saturated rings. The second kappa shape index (κ2) is 9.31. The van der Waals surface area contributed by atoms with Gasteiger partial charge in [-0.2, -0.15) is 0 Å². The Morgan fingerprint density at radius 2 is 1.32 bits per heavy atom. The zero-order valence-corrected chi connectivity index (χ0v) is 15.8. The Kier molecular flexibility index (Phi) is 6.86. The van der Waals surface area contributed by atoms with Crippen LogP contribution in [0.2, 0.25) is 0 Å². The van der Waals surface area contributed by atoms with Crippen molar-refractivity contribution in [2.24, 2.45) is 0 Å². The third-order valence-electron chi connectivity index (χ3n) is 3.60. The van der Waals surface area contributed by atoms with Gasteiger partial charge < -0.3 is 20.3 Å². The minimum Gasteiger partial charge on any atom is -0.452 e. The number of carbonyl (C=O) groups excluding carboxylic acids is 4. The minimum absolute atomic E-state index is 0.142. The average Bonchev–Trinajstić information content (AvgIpc) is 2.66. The molecule has 0 radical (unpaired) electrons. The van der Waals surface area contributed by atoms with Crippen LogP contribution in [-0.4, -0.2) is 49.3 Å². The van der Waals surface area contributed by atoms with Crippen molar-refractivity contribution in [3.8, 4) is 0 Å². The van der Waals surface area contributed by atoms with Crippen LogP contribution in [0.5, 0.6) is 0 Å². The maximum absolute atomic E-state index is 12.0. The van der Waals surface area contributed by atoms with E-state index >= 15 is 0 Å². The summed E-state index contributed by atoms with van der Waals surface area (Å²) < 4.78 is 4.98. The zero-order chi connectivity index (χ0) is 20.7. The highest BCUT2D eigenvalue weighted by atomic mass is 16.5. The van der Waals surface area contributed by atoms with E-state index in [4.69, 9.17) is 4.74 Å². The van der Waals surface area contributed by atoms with E-state index in [1.807, 2.05) is 0 Å². The molecule has 2 aromatic carbocycles. The first-order valence-electron chi connectivity index (χ1n) is 8.42. The van der Waals surface area contributed by atoms with Gasteiger partial charge in [0.25, 0.3) is 11.8 Å². The lowest BCUT2D eigenvalue weighted by molar-refractivity contribution is -0.119. The van der Waals surface area contributed by atoms with Crippen molar-refractivity contribution in [1.29, 1.82) is 0 Å². The van der Waals surface area contributed by atoms with E-state index < -0.39 is 18.5 Å². The summed E-state index contributed by atoms with van der Waals surface area (Å²) in [5.41, 5.74) is 1.79. The highest BCUT2D eigenvalue weighted by Gasteiger charge is 2.12. The van der Waals surface area contributed by atoms with Gasteiger partial charge in [-0.15, -0.1) is 0 Å². The number of carbonyl (C=O) groups is 4. The molecule has 146 valence electrons. The Labute approximate surface area is 162 Å². The molecule has 28 heavy (non-hydrogen) atoms. The van der Waals surface area contributed by atoms with Gasteiger partial charge in [-0.3, -0.25) is 14.4 Å². The standard InChI is InChI=1S/C20H21N3O5/c1-13(24)21-16-10-6-15(7-11-16)20(27)28-12-18(25)22-17-8-4-14(5-9-17)19(26)23(2)3/h4-11H,12H2,1-3H3,(H,21,24)(H,22,25). The van der Waals surface area contributed by atoms with E-state index in [2.05, 4.69) is 10.6 Å². The smallest absolute Gasteiger partial charge is 0.338 e. The Balaban J connectivity index is 1.85. The molecule has 0 unspecified atom stereocenters. The molecule has 0 saturated heterocycles. The number of hydrogen-bond acceptors (Lipinski definition) is 5. The lowest BCUT2D eigenvalue weighted by Gasteiger charge is -2.11. The van der Waals surface area contributed by atoms with E-state index in [9.17, 15) is 19.2 Å². The van der Waals surface area contributed by atoms with Crippen LogP contribution in [0.3, 0.4) is 0 Å². The van der Waals surface area contributed by atoms with Gasteiger partial charge in [0.15, 0.2) is 6.61 Å². The molecule has 0 aromatic heterocycles. The van der Waals surface area contributed by atoms with Crippen molar-refractivity contribution in [2.75, 3.05) is 31.3 Å². The van der Waals surface area contributed by atoms with Crippen molar-refractivity contribution in [3.05, 3.63) is 59.7 Å². The largest absolute Gasteiger partial charge is 0.452 e. The van der Waals surface area contributed by atoms with Crippen molar-refractivity contribution < 1.29 is 23.9 Å². The number of ether oxygens (including phenoxy) is 1. The number of rotatable bonds is 6. The lowest BCUT2D eigenvalue weighted by atomic mass is 10.2. The van der Waals surface area contributed by atoms with Crippen LogP contribution in [0, 0.1) is 0 Å². The van der Waals surface area contributed by atoms with Crippen LogP contribution in [0.15, 0.2) is 48.5 Å². The lowest BCUT2D eigenvalue weighted by Crippen LogP contribution is -2.22. The summed E-state index contributed by atoms with van der Waals surface area (Å²) in [5.74, 6) is -1.52. The molecule has 0 spiro atoms. The van der Waals surface area contributed by atoms with Gasteiger partial charge in [0.05, 0.1) is 5.56 Å². The summed E-state index contributed by atoms with van der Waals surface area (Å²) in [4.78, 5) is 48.2. The second-order valence-corrected chi connectivity index (χ2v) is 6.16. The summed E-state index contributed by atoms with van der Waals surface area (Å²) in [5, 5.41) is 5.17. The predicted octanol–water partition coefficient (Wildman–Crippen LogP) is 2.14. The van der Waals surface area contributed by atoms with E-state index in [1.165, 1.54) is 24.0 Å². The molecule has 3 amide bonds. The van der Waals surface area contributed by atoms with Crippen LogP contribution < -0.4 is 10.6 Å². The first-order chi connectivity index (χ1) is 13.3. The summed E-state index contributed by atoms with van der Waals surface area (Å²) in [6.07, 6.45) is 0. The fraction of sp³-hybridized carbons (Fsp3) is 0.200. The Morgan fingerprint density at radius 3 is 1.82 bits per heavy atom. The Morgan fingerprint density at radius 1 is 0.821 bits per heavy atom. The molecule has 0 aliphatic heterocycles. The van der Waals surface area contributed by atoms with Gasteiger partial charge in [-0.1, -0.05) is 0 Å². The highest BCUT2D eigenvalue weighted by molar-refractivity contribution is 5.97. The van der Waals surface area contributed by atoms with E-state index in [-0.39, 0.29) is 17.4 Å². The molecule has 0 atom stereocenters. The molecule has 8 nitrogen and oxygen atoms in total. The highest BCUT2D eigenvalue weighted by Crippen LogP contribution is 2.12. The molecule has 0 aliphatic rings. The van der Waals surface area contributed by atoms with E-state index in [0.29, 0.717) is 16.9 Å². The van der Waals surface area contributed by atoms with Gasteiger partial charge in [0.2, 0.25) is 5.91 Å². The third-order valence-corrected chi connectivity index (χ3v) is 3.60. The number of hydrogen-bond donors (Lipinski definition) is 2. The van der Waals surface area contributed by atoms with Gasteiger partial charge in [-0.05, 0) is 48.5 Å². The first kappa shape index (κ1) is 20.6. The minimum atomic E-state index is -0.656. The van der Waals surface area contributed by atoms with Crippen molar-refractivity contribution in [1.82, 2.24) is 4.90 Å². The quantitative estimate of drug-likeness (QED) is 0.744.